The topological polar surface area (TPSA) is 78.9 Å². The molecule has 6 nitrogen and oxygen atoms in total. The summed E-state index contributed by atoms with van der Waals surface area (Å²) in [6.45, 7) is 6.64. The van der Waals surface area contributed by atoms with Gasteiger partial charge in [-0.05, 0) is 44.9 Å². The molecule has 0 aliphatic heterocycles. The first-order valence-corrected chi connectivity index (χ1v) is 25.2. The maximum atomic E-state index is 12.7. The number of rotatable bonds is 46. The largest absolute Gasteiger partial charge is 0.462 e. The second-order valence-electron chi connectivity index (χ2n) is 17.1. The molecule has 6 heteroatoms. The highest BCUT2D eigenvalue weighted by atomic mass is 16.6. The summed E-state index contributed by atoms with van der Waals surface area (Å²) in [5.74, 6) is -0.863. The lowest BCUT2D eigenvalue weighted by molar-refractivity contribution is -0.167. The van der Waals surface area contributed by atoms with Gasteiger partial charge in [0, 0.05) is 19.3 Å². The Morgan fingerprint density at radius 1 is 0.333 bits per heavy atom. The molecule has 1 atom stereocenters. The highest BCUT2D eigenvalue weighted by Crippen LogP contribution is 2.16. The van der Waals surface area contributed by atoms with Crippen molar-refractivity contribution in [1.29, 1.82) is 0 Å². The molecule has 57 heavy (non-hydrogen) atoms. The maximum absolute atomic E-state index is 12.7. The van der Waals surface area contributed by atoms with Crippen molar-refractivity contribution in [2.24, 2.45) is 0 Å². The average Bonchev–Trinajstić information content (AvgIpc) is 3.21. The lowest BCUT2D eigenvalue weighted by atomic mass is 10.0. The number of esters is 3. The third-order valence-electron chi connectivity index (χ3n) is 11.3. The van der Waals surface area contributed by atoms with Gasteiger partial charge in [-0.15, -0.1) is 0 Å². The standard InChI is InChI=1S/C51H96O6/c1-4-7-10-13-16-19-22-24-25-27-30-32-35-38-41-44-50(53)56-47-48(57-51(54)45-42-39-36-33-28-21-18-15-12-9-6-3)46-55-49(52)43-40-37-34-31-29-26-23-20-17-14-11-8-5-2/h24-25,48H,4-23,26-47H2,1-3H3/b25-24-/t48-/m0/s1. The molecule has 0 aromatic rings. The average molecular weight is 805 g/mol. The van der Waals surface area contributed by atoms with Crippen LogP contribution in [0, 0.1) is 0 Å². The molecule has 0 unspecified atom stereocenters. The van der Waals surface area contributed by atoms with E-state index >= 15 is 0 Å². The summed E-state index contributed by atoms with van der Waals surface area (Å²) in [4.78, 5) is 37.8. The Labute approximate surface area is 354 Å². The highest BCUT2D eigenvalue weighted by Gasteiger charge is 2.19. The molecule has 0 radical (unpaired) electrons. The van der Waals surface area contributed by atoms with Gasteiger partial charge in [-0.25, -0.2) is 0 Å². The van der Waals surface area contributed by atoms with Gasteiger partial charge in [0.1, 0.15) is 13.2 Å². The predicted molar refractivity (Wildman–Crippen MR) is 243 cm³/mol. The molecule has 336 valence electrons. The summed E-state index contributed by atoms with van der Waals surface area (Å²) in [6, 6.07) is 0. The van der Waals surface area contributed by atoms with Crippen molar-refractivity contribution in [2.75, 3.05) is 13.2 Å². The van der Waals surface area contributed by atoms with Crippen LogP contribution in [0.15, 0.2) is 12.2 Å². The van der Waals surface area contributed by atoms with Crippen LogP contribution in [-0.4, -0.2) is 37.2 Å². The monoisotopic (exact) mass is 805 g/mol. The van der Waals surface area contributed by atoms with E-state index in [4.69, 9.17) is 14.2 Å². The second-order valence-corrected chi connectivity index (χ2v) is 17.1. The number of hydrogen-bond acceptors (Lipinski definition) is 6. The molecule has 0 amide bonds. The zero-order valence-electron chi connectivity index (χ0n) is 38.4. The first-order valence-electron chi connectivity index (χ1n) is 25.2. The minimum atomic E-state index is -0.765. The molecule has 0 rings (SSSR count). The van der Waals surface area contributed by atoms with Crippen LogP contribution in [-0.2, 0) is 28.6 Å². The smallest absolute Gasteiger partial charge is 0.306 e. The van der Waals surface area contributed by atoms with Crippen LogP contribution < -0.4 is 0 Å². The SMILES string of the molecule is CCCCCCCC/C=C\CCCCCCCC(=O)OC[C@H](COC(=O)CCCCCCCCCCCCCCC)OC(=O)CCCCCCCCCCCCC. The fourth-order valence-electron chi connectivity index (χ4n) is 7.44. The van der Waals surface area contributed by atoms with E-state index in [1.54, 1.807) is 0 Å². The van der Waals surface area contributed by atoms with E-state index in [-0.39, 0.29) is 31.1 Å². The number of carbonyl (C=O) groups excluding carboxylic acids is 3. The molecule has 0 saturated carbocycles. The number of unbranched alkanes of at least 4 members (excludes halogenated alkanes) is 33. The maximum Gasteiger partial charge on any atom is 0.306 e. The zero-order chi connectivity index (χ0) is 41.5. The minimum Gasteiger partial charge on any atom is -0.462 e. The number of ether oxygens (including phenoxy) is 3. The molecule has 0 spiro atoms. The van der Waals surface area contributed by atoms with Crippen LogP contribution in [0.4, 0.5) is 0 Å². The summed E-state index contributed by atoms with van der Waals surface area (Å²) in [6.07, 6.45) is 50.4. The van der Waals surface area contributed by atoms with Crippen molar-refractivity contribution < 1.29 is 28.6 Å². The van der Waals surface area contributed by atoms with Crippen molar-refractivity contribution in [3.05, 3.63) is 12.2 Å². The van der Waals surface area contributed by atoms with Crippen molar-refractivity contribution in [2.45, 2.75) is 284 Å². The van der Waals surface area contributed by atoms with Gasteiger partial charge in [-0.2, -0.15) is 0 Å². The first-order chi connectivity index (χ1) is 28.0. The first kappa shape index (κ1) is 55.2. The van der Waals surface area contributed by atoms with Gasteiger partial charge in [-0.3, -0.25) is 14.4 Å². The van der Waals surface area contributed by atoms with Crippen molar-refractivity contribution in [3.8, 4) is 0 Å². The van der Waals surface area contributed by atoms with E-state index in [2.05, 4.69) is 32.9 Å². The molecule has 0 aliphatic rings. The van der Waals surface area contributed by atoms with Gasteiger partial charge in [0.15, 0.2) is 6.10 Å². The molecule has 0 aromatic heterocycles. The van der Waals surface area contributed by atoms with Crippen LogP contribution in [0.1, 0.15) is 278 Å². The van der Waals surface area contributed by atoms with Crippen molar-refractivity contribution in [1.82, 2.24) is 0 Å². The van der Waals surface area contributed by atoms with Crippen LogP contribution in [0.5, 0.6) is 0 Å². The third kappa shape index (κ3) is 45.1. The van der Waals surface area contributed by atoms with Crippen LogP contribution in [0.2, 0.25) is 0 Å². The number of hydrogen-bond donors (Lipinski definition) is 0. The van der Waals surface area contributed by atoms with Gasteiger partial charge >= 0.3 is 17.9 Å². The normalized spacial score (nSPS) is 12.0. The number of carbonyl (C=O) groups is 3. The molecule has 0 aromatic carbocycles. The summed E-state index contributed by atoms with van der Waals surface area (Å²) in [7, 11) is 0. The molecule has 0 N–H and O–H groups in total. The van der Waals surface area contributed by atoms with Gasteiger partial charge in [-0.1, -0.05) is 226 Å². The van der Waals surface area contributed by atoms with Gasteiger partial charge in [0.25, 0.3) is 0 Å². The zero-order valence-corrected chi connectivity index (χ0v) is 38.4. The minimum absolute atomic E-state index is 0.0675. The Morgan fingerprint density at radius 3 is 0.877 bits per heavy atom. The molecule has 0 aliphatic carbocycles. The Bertz CT molecular complexity index is 885. The Morgan fingerprint density at radius 2 is 0.579 bits per heavy atom. The third-order valence-corrected chi connectivity index (χ3v) is 11.3. The molecule has 0 bridgehead atoms. The molecule has 0 saturated heterocycles. The predicted octanol–water partition coefficient (Wildman–Crippen LogP) is 16.2. The van der Waals surface area contributed by atoms with E-state index in [1.807, 2.05) is 0 Å². The Kier molecular flexibility index (Phi) is 45.3. The summed E-state index contributed by atoms with van der Waals surface area (Å²) >= 11 is 0. The summed E-state index contributed by atoms with van der Waals surface area (Å²) in [5, 5.41) is 0. The Hall–Kier alpha value is -1.85. The molecule has 0 heterocycles. The quantitative estimate of drug-likeness (QED) is 0.0264. The molecular weight excluding hydrogens is 709 g/mol. The number of allylic oxidation sites excluding steroid dienone is 2. The fraction of sp³-hybridized carbons (Fsp3) is 0.902. The molecule has 0 fully saturated rings. The van der Waals surface area contributed by atoms with Gasteiger partial charge in [0.05, 0.1) is 0 Å². The van der Waals surface area contributed by atoms with Crippen molar-refractivity contribution in [3.63, 3.8) is 0 Å². The van der Waals surface area contributed by atoms with E-state index < -0.39 is 6.10 Å². The van der Waals surface area contributed by atoms with Crippen LogP contribution in [0.25, 0.3) is 0 Å². The fourth-order valence-corrected chi connectivity index (χ4v) is 7.44. The summed E-state index contributed by atoms with van der Waals surface area (Å²) < 4.78 is 16.8. The van der Waals surface area contributed by atoms with E-state index in [0.717, 1.165) is 64.2 Å². The van der Waals surface area contributed by atoms with Gasteiger partial charge < -0.3 is 14.2 Å². The molecular formula is C51H96O6. The van der Waals surface area contributed by atoms with E-state index in [0.29, 0.717) is 19.3 Å². The Balaban J connectivity index is 4.32. The van der Waals surface area contributed by atoms with Crippen molar-refractivity contribution >= 4 is 17.9 Å². The summed E-state index contributed by atoms with van der Waals surface area (Å²) in [5.41, 5.74) is 0. The van der Waals surface area contributed by atoms with E-state index in [9.17, 15) is 14.4 Å². The highest BCUT2D eigenvalue weighted by molar-refractivity contribution is 5.71. The van der Waals surface area contributed by atoms with Crippen LogP contribution in [0.3, 0.4) is 0 Å². The second kappa shape index (κ2) is 46.8. The van der Waals surface area contributed by atoms with Crippen LogP contribution >= 0.6 is 0 Å². The van der Waals surface area contributed by atoms with E-state index in [1.165, 1.54) is 173 Å². The lowest BCUT2D eigenvalue weighted by Crippen LogP contribution is -2.30. The lowest BCUT2D eigenvalue weighted by Gasteiger charge is -2.18. The van der Waals surface area contributed by atoms with Gasteiger partial charge in [0.2, 0.25) is 0 Å².